The van der Waals surface area contributed by atoms with Crippen LogP contribution in [0.3, 0.4) is 0 Å². The number of rotatable bonds is 14. The Labute approximate surface area is 257 Å². The average molecular weight is 595 g/mol. The molecule has 10 heteroatoms. The molecule has 9 nitrogen and oxygen atoms in total. The zero-order chi connectivity index (χ0) is 30.9. The molecule has 0 aliphatic carbocycles. The Morgan fingerprint density at radius 3 is 2.61 bits per heavy atom. The van der Waals surface area contributed by atoms with E-state index in [-0.39, 0.29) is 5.91 Å². The van der Waals surface area contributed by atoms with Gasteiger partial charge in [0.05, 0.1) is 11.0 Å². The third kappa shape index (κ3) is 7.38. The summed E-state index contributed by atoms with van der Waals surface area (Å²) in [6, 6.07) is 22.0. The Balaban J connectivity index is 1.36. The topological polar surface area (TPSA) is 100 Å². The molecule has 0 unspecified atom stereocenters. The lowest BCUT2D eigenvalue weighted by atomic mass is 10.1. The van der Waals surface area contributed by atoms with Crippen LogP contribution in [0.5, 0.6) is 0 Å². The molecule has 1 amide bonds. The molecule has 2 aromatic heterocycles. The molecule has 0 saturated heterocycles. The fraction of sp³-hybridized carbons (Fsp3) is 0.294. The van der Waals surface area contributed by atoms with Crippen LogP contribution in [0.4, 0.5) is 27.5 Å². The van der Waals surface area contributed by atoms with E-state index in [0.717, 1.165) is 67.1 Å². The Hall–Kier alpha value is -4.83. The maximum atomic E-state index is 13.1. The number of aromatic nitrogens is 4. The largest absolute Gasteiger partial charge is 0.370 e. The minimum atomic E-state index is -0.623. The van der Waals surface area contributed by atoms with Gasteiger partial charge in [0.15, 0.2) is 0 Å². The van der Waals surface area contributed by atoms with Gasteiger partial charge in [0.1, 0.15) is 24.6 Å². The molecule has 5 rings (SSSR count). The molecule has 0 bridgehead atoms. The average Bonchev–Trinajstić information content (AvgIpc) is 3.42. The van der Waals surface area contributed by atoms with E-state index in [4.69, 9.17) is 4.98 Å². The van der Waals surface area contributed by atoms with E-state index in [9.17, 15) is 9.18 Å². The minimum Gasteiger partial charge on any atom is -0.370 e. The Bertz CT molecular complexity index is 1720. The summed E-state index contributed by atoms with van der Waals surface area (Å²) >= 11 is 0. The van der Waals surface area contributed by atoms with Crippen molar-refractivity contribution in [2.45, 2.75) is 40.3 Å². The van der Waals surface area contributed by atoms with Crippen molar-refractivity contribution in [3.8, 4) is 5.82 Å². The second-order valence-corrected chi connectivity index (χ2v) is 10.6. The highest BCUT2D eigenvalue weighted by atomic mass is 19.1. The number of amides is 1. The maximum absolute atomic E-state index is 13.1. The van der Waals surface area contributed by atoms with Crippen molar-refractivity contribution in [2.75, 3.05) is 42.1 Å². The van der Waals surface area contributed by atoms with Crippen molar-refractivity contribution >= 4 is 40.1 Å². The number of halogens is 1. The minimum absolute atomic E-state index is 0.309. The number of anilines is 4. The van der Waals surface area contributed by atoms with Crippen LogP contribution in [0.15, 0.2) is 79.1 Å². The SMILES string of the molecule is CCN(CC)CCCCNc1cc(-n2c(Nc3cc(NC(=O)c4cccc(CF)c4)ccc3C)nc3ccccc32)ncn1. The lowest BCUT2D eigenvalue weighted by Gasteiger charge is -2.17. The van der Waals surface area contributed by atoms with E-state index in [1.807, 2.05) is 60.0 Å². The summed E-state index contributed by atoms with van der Waals surface area (Å²) in [5.41, 5.74) is 4.91. The number of carbonyl (C=O) groups is 1. The zero-order valence-corrected chi connectivity index (χ0v) is 25.5. The lowest BCUT2D eigenvalue weighted by Crippen LogP contribution is -2.24. The van der Waals surface area contributed by atoms with E-state index >= 15 is 0 Å². The first-order chi connectivity index (χ1) is 21.5. The molecule has 0 aliphatic heterocycles. The van der Waals surface area contributed by atoms with Crippen LogP contribution in [0, 0.1) is 6.92 Å². The number of alkyl halides is 1. The third-order valence-electron chi connectivity index (χ3n) is 7.63. The number of unbranched alkanes of at least 4 members (excludes halogenated alkanes) is 1. The van der Waals surface area contributed by atoms with E-state index < -0.39 is 6.67 Å². The van der Waals surface area contributed by atoms with Gasteiger partial charge in [0.2, 0.25) is 5.95 Å². The quantitative estimate of drug-likeness (QED) is 0.118. The maximum Gasteiger partial charge on any atom is 0.255 e. The van der Waals surface area contributed by atoms with Crippen molar-refractivity contribution in [3.05, 3.63) is 95.8 Å². The summed E-state index contributed by atoms with van der Waals surface area (Å²) in [6.07, 6.45) is 3.73. The van der Waals surface area contributed by atoms with Gasteiger partial charge >= 0.3 is 0 Å². The van der Waals surface area contributed by atoms with Crippen LogP contribution in [0.2, 0.25) is 0 Å². The standard InChI is InChI=1S/C34H39FN8O/c1-4-42(5-2)18-9-8-17-36-31-21-32(38-23-37-31)43-30-14-7-6-13-28(30)40-34(43)41-29-20-27(16-15-24(29)3)39-33(44)26-12-10-11-25(19-26)22-35/h6-7,10-16,19-21,23H,4-5,8-9,17-18,22H2,1-3H3,(H,39,44)(H,40,41)(H,36,37,38). The van der Waals surface area contributed by atoms with Gasteiger partial charge in [-0.25, -0.2) is 19.3 Å². The van der Waals surface area contributed by atoms with Crippen LogP contribution >= 0.6 is 0 Å². The van der Waals surface area contributed by atoms with Gasteiger partial charge in [-0.1, -0.05) is 44.2 Å². The zero-order valence-electron chi connectivity index (χ0n) is 25.5. The van der Waals surface area contributed by atoms with Gasteiger partial charge in [-0.2, -0.15) is 0 Å². The first-order valence-electron chi connectivity index (χ1n) is 15.1. The van der Waals surface area contributed by atoms with Gasteiger partial charge < -0.3 is 20.9 Å². The summed E-state index contributed by atoms with van der Waals surface area (Å²) < 4.78 is 15.1. The Morgan fingerprint density at radius 1 is 0.955 bits per heavy atom. The predicted octanol–water partition coefficient (Wildman–Crippen LogP) is 7.12. The van der Waals surface area contributed by atoms with Crippen molar-refractivity contribution < 1.29 is 9.18 Å². The number of carbonyl (C=O) groups excluding carboxylic acids is 1. The molecule has 0 atom stereocenters. The van der Waals surface area contributed by atoms with Crippen molar-refractivity contribution in [1.29, 1.82) is 0 Å². The van der Waals surface area contributed by atoms with Gasteiger partial charge in [-0.3, -0.25) is 9.36 Å². The van der Waals surface area contributed by atoms with E-state index in [2.05, 4.69) is 44.7 Å². The van der Waals surface area contributed by atoms with Crippen LogP contribution in [-0.4, -0.2) is 56.5 Å². The molecule has 0 radical (unpaired) electrons. The second-order valence-electron chi connectivity index (χ2n) is 10.6. The molecule has 3 aromatic carbocycles. The van der Waals surface area contributed by atoms with Crippen LogP contribution < -0.4 is 16.0 Å². The molecule has 0 saturated carbocycles. The first kappa shape index (κ1) is 30.6. The summed E-state index contributed by atoms with van der Waals surface area (Å²) in [6.45, 7) is 9.81. The number of benzene rings is 3. The number of para-hydroxylation sites is 2. The number of hydrogen-bond donors (Lipinski definition) is 3. The number of nitrogens with zero attached hydrogens (tertiary/aromatic N) is 5. The van der Waals surface area contributed by atoms with E-state index in [1.54, 1.807) is 30.6 Å². The summed E-state index contributed by atoms with van der Waals surface area (Å²) in [4.78, 5) is 29.2. The van der Waals surface area contributed by atoms with E-state index in [0.29, 0.717) is 28.6 Å². The number of aryl methyl sites for hydroxylation is 1. The highest BCUT2D eigenvalue weighted by Crippen LogP contribution is 2.29. The molecule has 0 aliphatic rings. The fourth-order valence-electron chi connectivity index (χ4n) is 5.08. The van der Waals surface area contributed by atoms with Crippen molar-refractivity contribution in [2.24, 2.45) is 0 Å². The lowest BCUT2D eigenvalue weighted by molar-refractivity contribution is 0.102. The summed E-state index contributed by atoms with van der Waals surface area (Å²) in [5.74, 6) is 1.70. The highest BCUT2D eigenvalue weighted by Gasteiger charge is 2.16. The van der Waals surface area contributed by atoms with Gasteiger partial charge in [-0.05, 0) is 86.9 Å². The fourth-order valence-corrected chi connectivity index (χ4v) is 5.08. The molecule has 228 valence electrons. The van der Waals surface area contributed by atoms with Crippen LogP contribution in [-0.2, 0) is 6.67 Å². The third-order valence-corrected chi connectivity index (χ3v) is 7.63. The summed E-state index contributed by atoms with van der Waals surface area (Å²) in [7, 11) is 0. The molecule has 0 spiro atoms. The van der Waals surface area contributed by atoms with Crippen LogP contribution in [0.25, 0.3) is 16.9 Å². The van der Waals surface area contributed by atoms with Crippen molar-refractivity contribution in [1.82, 2.24) is 24.4 Å². The number of nitrogens with one attached hydrogen (secondary N) is 3. The molecule has 0 fully saturated rings. The molecule has 2 heterocycles. The molecular weight excluding hydrogens is 555 g/mol. The predicted molar refractivity (Wildman–Crippen MR) is 176 cm³/mol. The second kappa shape index (κ2) is 14.6. The Morgan fingerprint density at radius 2 is 1.80 bits per heavy atom. The monoisotopic (exact) mass is 594 g/mol. The summed E-state index contributed by atoms with van der Waals surface area (Å²) in [5, 5.41) is 9.84. The molecule has 5 aromatic rings. The van der Waals surface area contributed by atoms with Crippen molar-refractivity contribution in [3.63, 3.8) is 0 Å². The van der Waals surface area contributed by atoms with Gasteiger partial charge in [-0.15, -0.1) is 0 Å². The highest BCUT2D eigenvalue weighted by molar-refractivity contribution is 6.04. The molecule has 44 heavy (non-hydrogen) atoms. The van der Waals surface area contributed by atoms with Gasteiger partial charge in [0, 0.05) is 29.5 Å². The van der Waals surface area contributed by atoms with Crippen LogP contribution in [0.1, 0.15) is 48.2 Å². The number of fused-ring (bicyclic) bond motifs is 1. The number of imidazole rings is 1. The number of hydrogen-bond acceptors (Lipinski definition) is 7. The molecule has 3 N–H and O–H groups in total. The smallest absolute Gasteiger partial charge is 0.255 e. The Kier molecular flexibility index (Phi) is 10.1. The molecular formula is C34H39FN8O. The van der Waals surface area contributed by atoms with E-state index in [1.165, 1.54) is 0 Å². The first-order valence-corrected chi connectivity index (χ1v) is 15.1. The van der Waals surface area contributed by atoms with Gasteiger partial charge in [0.25, 0.3) is 5.91 Å². The normalized spacial score (nSPS) is 11.2.